The highest BCUT2D eigenvalue weighted by molar-refractivity contribution is 7.10. The fourth-order valence-electron chi connectivity index (χ4n) is 4.31. The van der Waals surface area contributed by atoms with Crippen LogP contribution in [0.5, 0.6) is 11.5 Å². The van der Waals surface area contributed by atoms with E-state index in [-0.39, 0.29) is 24.4 Å². The second-order valence-corrected chi connectivity index (χ2v) is 11.1. The van der Waals surface area contributed by atoms with Crippen LogP contribution in [-0.4, -0.2) is 54.0 Å². The number of hydrogen-bond acceptors (Lipinski definition) is 5. The predicted octanol–water partition coefficient (Wildman–Crippen LogP) is 5.86. The monoisotopic (exact) mass is 526 g/mol. The molecule has 0 saturated heterocycles. The molecule has 6 nitrogen and oxygen atoms in total. The molecule has 1 aliphatic heterocycles. The van der Waals surface area contributed by atoms with Crippen LogP contribution in [0.15, 0.2) is 60.0 Å². The van der Waals surface area contributed by atoms with Crippen LogP contribution in [0.25, 0.3) is 0 Å². The Balaban J connectivity index is 1.54. The lowest BCUT2D eigenvalue weighted by atomic mass is 9.99. The molecule has 2 heterocycles. The van der Waals surface area contributed by atoms with Crippen molar-refractivity contribution in [2.75, 3.05) is 26.8 Å². The molecule has 1 unspecified atom stereocenters. The Kier molecular flexibility index (Phi) is 7.91. The number of halogens is 1. The van der Waals surface area contributed by atoms with Gasteiger partial charge in [-0.2, -0.15) is 0 Å². The summed E-state index contributed by atoms with van der Waals surface area (Å²) in [6.45, 7) is 6.70. The van der Waals surface area contributed by atoms with E-state index in [0.29, 0.717) is 35.2 Å². The topological polar surface area (TPSA) is 59.1 Å². The minimum atomic E-state index is -0.550. The third-order valence-electron chi connectivity index (χ3n) is 6.32. The van der Waals surface area contributed by atoms with Crippen LogP contribution in [0.3, 0.4) is 0 Å². The van der Waals surface area contributed by atoms with Crippen molar-refractivity contribution in [3.05, 3.63) is 81.0 Å². The van der Waals surface area contributed by atoms with E-state index < -0.39 is 5.54 Å². The Bertz CT molecular complexity index is 1200. The quantitative estimate of drug-likeness (QED) is 0.387. The van der Waals surface area contributed by atoms with Gasteiger partial charge in [-0.25, -0.2) is 0 Å². The number of carbonyl (C=O) groups is 2. The van der Waals surface area contributed by atoms with Crippen LogP contribution in [-0.2, 0) is 11.2 Å². The summed E-state index contributed by atoms with van der Waals surface area (Å²) in [5.41, 5.74) is 1.07. The lowest BCUT2D eigenvalue weighted by Crippen LogP contribution is -2.53. The van der Waals surface area contributed by atoms with Gasteiger partial charge in [-0.05, 0) is 92.7 Å². The molecule has 1 aliphatic rings. The minimum absolute atomic E-state index is 0.0225. The van der Waals surface area contributed by atoms with E-state index >= 15 is 0 Å². The van der Waals surface area contributed by atoms with Crippen molar-refractivity contribution in [2.24, 2.45) is 0 Å². The van der Waals surface area contributed by atoms with Crippen molar-refractivity contribution in [3.8, 4) is 11.5 Å². The molecule has 0 bridgehead atoms. The van der Waals surface area contributed by atoms with Crippen LogP contribution in [0, 0.1) is 0 Å². The van der Waals surface area contributed by atoms with Crippen LogP contribution < -0.4 is 9.47 Å². The fraction of sp³-hybridized carbons (Fsp3) is 0.357. The number of nitrogens with zero attached hydrogens (tertiary/aromatic N) is 2. The zero-order chi connectivity index (χ0) is 25.9. The molecule has 3 aromatic rings. The summed E-state index contributed by atoms with van der Waals surface area (Å²) in [6, 6.07) is 16.0. The molecule has 0 fully saturated rings. The van der Waals surface area contributed by atoms with E-state index in [1.807, 2.05) is 37.8 Å². The molecule has 1 aromatic heterocycles. The molecule has 0 N–H and O–H groups in total. The van der Waals surface area contributed by atoms with Gasteiger partial charge in [0.15, 0.2) is 0 Å². The summed E-state index contributed by atoms with van der Waals surface area (Å²) in [4.78, 5) is 32.0. The first-order valence-corrected chi connectivity index (χ1v) is 13.1. The molecule has 1 atom stereocenters. The highest BCUT2D eigenvalue weighted by Crippen LogP contribution is 2.34. The van der Waals surface area contributed by atoms with E-state index in [0.717, 1.165) is 12.0 Å². The Morgan fingerprint density at radius 3 is 2.36 bits per heavy atom. The lowest BCUT2D eigenvalue weighted by Gasteiger charge is -2.40. The number of thiophene rings is 1. The van der Waals surface area contributed by atoms with Gasteiger partial charge in [0.25, 0.3) is 5.91 Å². The Morgan fingerprint density at radius 2 is 1.72 bits per heavy atom. The summed E-state index contributed by atoms with van der Waals surface area (Å²) < 4.78 is 11.3. The zero-order valence-electron chi connectivity index (χ0n) is 21.0. The second kappa shape index (κ2) is 10.9. The molecule has 190 valence electrons. The molecule has 0 spiro atoms. The molecule has 0 saturated carbocycles. The van der Waals surface area contributed by atoms with Crippen molar-refractivity contribution < 1.29 is 19.1 Å². The van der Waals surface area contributed by atoms with E-state index in [2.05, 4.69) is 11.4 Å². The molecule has 8 heteroatoms. The molecule has 2 amide bonds. The van der Waals surface area contributed by atoms with Gasteiger partial charge in [-0.15, -0.1) is 11.3 Å². The number of methoxy groups -OCH3 is 1. The Morgan fingerprint density at radius 1 is 1.06 bits per heavy atom. The molecule has 4 rings (SSSR count). The van der Waals surface area contributed by atoms with Crippen molar-refractivity contribution in [1.29, 1.82) is 0 Å². The van der Waals surface area contributed by atoms with Gasteiger partial charge in [0.05, 0.1) is 13.2 Å². The van der Waals surface area contributed by atoms with Gasteiger partial charge in [0, 0.05) is 27.5 Å². The van der Waals surface area contributed by atoms with Crippen LogP contribution in [0.2, 0.25) is 5.02 Å². The van der Waals surface area contributed by atoms with E-state index in [1.165, 1.54) is 4.88 Å². The highest BCUT2D eigenvalue weighted by atomic mass is 35.5. The number of ether oxygens (including phenoxy) is 2. The number of benzene rings is 2. The first-order valence-electron chi connectivity index (χ1n) is 11.9. The average Bonchev–Trinajstić information content (AvgIpc) is 3.35. The van der Waals surface area contributed by atoms with Gasteiger partial charge in [0.2, 0.25) is 5.91 Å². The van der Waals surface area contributed by atoms with Crippen LogP contribution in [0.4, 0.5) is 0 Å². The maximum absolute atomic E-state index is 13.7. The summed E-state index contributed by atoms with van der Waals surface area (Å²) >= 11 is 7.71. The molecular formula is C28H31ClN2O4S. The van der Waals surface area contributed by atoms with Crippen LogP contribution in [0.1, 0.15) is 47.6 Å². The van der Waals surface area contributed by atoms with Crippen molar-refractivity contribution >= 4 is 34.8 Å². The zero-order valence-corrected chi connectivity index (χ0v) is 22.6. The average molecular weight is 527 g/mol. The Labute approximate surface area is 221 Å². The van der Waals surface area contributed by atoms with Gasteiger partial charge in [0.1, 0.15) is 24.7 Å². The highest BCUT2D eigenvalue weighted by Gasteiger charge is 2.36. The predicted molar refractivity (Wildman–Crippen MR) is 143 cm³/mol. The number of carbonyl (C=O) groups excluding carboxylic acids is 2. The first kappa shape index (κ1) is 26.0. The molecule has 0 aliphatic carbocycles. The number of hydrogen-bond donors (Lipinski definition) is 0. The fourth-order valence-corrected chi connectivity index (χ4v) is 5.36. The maximum atomic E-state index is 13.7. The van der Waals surface area contributed by atoms with Gasteiger partial charge < -0.3 is 19.3 Å². The summed E-state index contributed by atoms with van der Waals surface area (Å²) in [5.74, 6) is 1.07. The van der Waals surface area contributed by atoms with Crippen molar-refractivity contribution in [3.63, 3.8) is 0 Å². The van der Waals surface area contributed by atoms with Gasteiger partial charge >= 0.3 is 0 Å². The number of amides is 2. The van der Waals surface area contributed by atoms with Gasteiger partial charge in [-0.3, -0.25) is 9.59 Å². The molecule has 0 radical (unpaired) electrons. The SMILES string of the molecule is COc1ccc(C(=O)N(CC(=O)N2CCc3sccc3C2COc2ccc(Cl)cc2)C(C)(C)C)cc1. The summed E-state index contributed by atoms with van der Waals surface area (Å²) in [6.07, 6.45) is 0.790. The number of fused-ring (bicyclic) bond motifs is 1. The lowest BCUT2D eigenvalue weighted by molar-refractivity contribution is -0.136. The third kappa shape index (κ3) is 5.85. The molecule has 2 aromatic carbocycles. The maximum Gasteiger partial charge on any atom is 0.254 e. The standard InChI is InChI=1S/C28H31ClN2O4S/c1-28(2,3)31(27(33)19-5-9-21(34-4)10-6-19)17-26(32)30-15-13-25-23(14-16-36-25)24(30)18-35-22-11-7-20(29)8-12-22/h5-12,14,16,24H,13,15,17-18H2,1-4H3. The van der Waals surface area contributed by atoms with E-state index in [9.17, 15) is 9.59 Å². The largest absolute Gasteiger partial charge is 0.497 e. The summed E-state index contributed by atoms with van der Waals surface area (Å²) in [7, 11) is 1.58. The second-order valence-electron chi connectivity index (χ2n) is 9.71. The minimum Gasteiger partial charge on any atom is -0.497 e. The van der Waals surface area contributed by atoms with Crippen molar-refractivity contribution in [2.45, 2.75) is 38.8 Å². The van der Waals surface area contributed by atoms with Crippen molar-refractivity contribution in [1.82, 2.24) is 9.80 Å². The third-order valence-corrected chi connectivity index (χ3v) is 7.57. The molecular weight excluding hydrogens is 496 g/mol. The summed E-state index contributed by atoms with van der Waals surface area (Å²) in [5, 5.41) is 2.70. The van der Waals surface area contributed by atoms with Crippen LogP contribution >= 0.6 is 22.9 Å². The van der Waals surface area contributed by atoms with E-state index in [1.54, 1.807) is 59.7 Å². The smallest absolute Gasteiger partial charge is 0.254 e. The first-order chi connectivity index (χ1) is 17.2. The molecule has 36 heavy (non-hydrogen) atoms. The Hall–Kier alpha value is -3.03. The van der Waals surface area contributed by atoms with Gasteiger partial charge in [-0.1, -0.05) is 11.6 Å². The normalized spacial score (nSPS) is 15.2. The number of rotatable bonds is 7. The van der Waals surface area contributed by atoms with E-state index in [4.69, 9.17) is 21.1 Å².